The first-order valence-corrected chi connectivity index (χ1v) is 8.38. The van der Waals surface area contributed by atoms with Crippen LogP contribution in [0.4, 0.5) is 0 Å². The van der Waals surface area contributed by atoms with Crippen molar-refractivity contribution in [2.75, 3.05) is 13.1 Å². The molecular weight excluding hydrogens is 302 g/mol. The molecule has 0 saturated carbocycles. The van der Waals surface area contributed by atoms with Gasteiger partial charge in [0.25, 0.3) is 5.89 Å². The molecule has 0 amide bonds. The van der Waals surface area contributed by atoms with E-state index in [-0.39, 0.29) is 0 Å². The van der Waals surface area contributed by atoms with Crippen molar-refractivity contribution < 1.29 is 9.63 Å². The summed E-state index contributed by atoms with van der Waals surface area (Å²) in [5.74, 6) is 2.19. The molecule has 1 unspecified atom stereocenters. The highest BCUT2D eigenvalue weighted by Crippen LogP contribution is 2.32. The van der Waals surface area contributed by atoms with Crippen LogP contribution in [0.3, 0.4) is 0 Å². The summed E-state index contributed by atoms with van der Waals surface area (Å²) in [6.45, 7) is 8.08. The lowest BCUT2D eigenvalue weighted by Crippen LogP contribution is -2.31. The maximum Gasteiger partial charge on any atom is 0.259 e. The highest BCUT2D eigenvalue weighted by atomic mass is 32.1. The Bertz CT molecular complexity index is 641. The Labute approximate surface area is 133 Å². The highest BCUT2D eigenvalue weighted by Gasteiger charge is 2.42. The lowest BCUT2D eigenvalue weighted by atomic mass is 10.0. The molecule has 22 heavy (non-hydrogen) atoms. The summed E-state index contributed by atoms with van der Waals surface area (Å²) in [6, 6.07) is 0. The molecule has 1 aliphatic rings. The molecule has 0 spiro atoms. The molecule has 3 rings (SSSR count). The average Bonchev–Trinajstić information content (AvgIpc) is 3.19. The smallest absolute Gasteiger partial charge is 0.259 e. The minimum Gasteiger partial charge on any atom is -0.379 e. The fourth-order valence-electron chi connectivity index (χ4n) is 2.53. The van der Waals surface area contributed by atoms with Gasteiger partial charge in [-0.05, 0) is 18.0 Å². The number of aliphatic hydroxyl groups is 1. The van der Waals surface area contributed by atoms with E-state index in [4.69, 9.17) is 4.52 Å². The molecule has 1 N–H and O–H groups in total. The molecule has 0 radical (unpaired) electrons. The van der Waals surface area contributed by atoms with Crippen LogP contribution in [0.5, 0.6) is 0 Å². The van der Waals surface area contributed by atoms with Crippen LogP contribution in [0.2, 0.25) is 0 Å². The monoisotopic (exact) mass is 323 g/mol. The Balaban J connectivity index is 1.66. The van der Waals surface area contributed by atoms with E-state index in [1.807, 2.05) is 6.92 Å². The zero-order valence-corrected chi connectivity index (χ0v) is 13.9. The first-order chi connectivity index (χ1) is 10.5. The van der Waals surface area contributed by atoms with Gasteiger partial charge in [0.15, 0.2) is 11.4 Å². The summed E-state index contributed by atoms with van der Waals surface area (Å²) in [5.41, 5.74) is -1.05. The van der Waals surface area contributed by atoms with Crippen molar-refractivity contribution in [1.82, 2.24) is 24.4 Å². The van der Waals surface area contributed by atoms with Crippen molar-refractivity contribution in [2.24, 2.45) is 0 Å². The topological polar surface area (TPSA) is 88.2 Å². The van der Waals surface area contributed by atoms with Crippen molar-refractivity contribution >= 4 is 11.5 Å². The van der Waals surface area contributed by atoms with Crippen LogP contribution in [-0.4, -0.2) is 42.6 Å². The molecule has 0 aliphatic carbocycles. The van der Waals surface area contributed by atoms with Crippen LogP contribution in [0.15, 0.2) is 4.52 Å². The maximum absolute atomic E-state index is 10.7. The van der Waals surface area contributed by atoms with Crippen molar-refractivity contribution in [1.29, 1.82) is 0 Å². The van der Waals surface area contributed by atoms with Crippen molar-refractivity contribution in [2.45, 2.75) is 51.7 Å². The van der Waals surface area contributed by atoms with Crippen LogP contribution >= 0.6 is 11.5 Å². The summed E-state index contributed by atoms with van der Waals surface area (Å²) in [7, 11) is 0. The molecule has 2 aromatic rings. The Morgan fingerprint density at radius 1 is 1.41 bits per heavy atom. The Hall–Kier alpha value is -1.38. The molecule has 1 fully saturated rings. The third-order valence-corrected chi connectivity index (χ3v) is 4.58. The molecule has 3 heterocycles. The second-order valence-corrected chi connectivity index (χ2v) is 6.90. The predicted molar refractivity (Wildman–Crippen MR) is 81.5 cm³/mol. The number of aromatic nitrogens is 4. The van der Waals surface area contributed by atoms with E-state index in [1.54, 1.807) is 0 Å². The summed E-state index contributed by atoms with van der Waals surface area (Å²) in [4.78, 5) is 11.0. The van der Waals surface area contributed by atoms with E-state index >= 15 is 0 Å². The number of β-amino-alcohol motifs (C(OH)–C–C–N with tert-alkyl or cyclic N) is 1. The maximum atomic E-state index is 10.7. The Kier molecular flexibility index (Phi) is 4.24. The average molecular weight is 323 g/mol. The fourth-order valence-corrected chi connectivity index (χ4v) is 3.35. The third-order valence-electron chi connectivity index (χ3n) is 3.87. The zero-order chi connectivity index (χ0) is 15.7. The second-order valence-electron chi connectivity index (χ2n) is 6.06. The zero-order valence-electron chi connectivity index (χ0n) is 13.1. The Morgan fingerprint density at radius 3 is 2.86 bits per heavy atom. The van der Waals surface area contributed by atoms with Gasteiger partial charge in [0.2, 0.25) is 0 Å². The van der Waals surface area contributed by atoms with Gasteiger partial charge in [0.1, 0.15) is 10.8 Å². The molecule has 2 aromatic heterocycles. The fraction of sp³-hybridized carbons (Fsp3) is 0.714. The number of rotatable bonds is 5. The van der Waals surface area contributed by atoms with Crippen LogP contribution in [-0.2, 0) is 18.6 Å². The molecule has 7 nitrogen and oxygen atoms in total. The van der Waals surface area contributed by atoms with Crippen LogP contribution in [0.1, 0.15) is 55.7 Å². The van der Waals surface area contributed by atoms with Crippen LogP contribution in [0.25, 0.3) is 0 Å². The third kappa shape index (κ3) is 3.04. The molecule has 0 aromatic carbocycles. The van der Waals surface area contributed by atoms with Crippen molar-refractivity contribution in [3.05, 3.63) is 22.5 Å². The molecule has 8 heteroatoms. The lowest BCUT2D eigenvalue weighted by Gasteiger charge is -2.18. The quantitative estimate of drug-likeness (QED) is 0.896. The molecule has 1 aliphatic heterocycles. The predicted octanol–water partition coefficient (Wildman–Crippen LogP) is 1.70. The minimum absolute atomic E-state index is 0.326. The van der Waals surface area contributed by atoms with E-state index in [2.05, 4.69) is 38.2 Å². The molecule has 1 atom stereocenters. The normalized spacial score (nSPS) is 22.8. The van der Waals surface area contributed by atoms with Gasteiger partial charge < -0.3 is 9.63 Å². The van der Waals surface area contributed by atoms with Gasteiger partial charge in [-0.1, -0.05) is 25.9 Å². The number of hydrogen-bond acceptors (Lipinski definition) is 8. The summed E-state index contributed by atoms with van der Waals surface area (Å²) in [5, 5.41) is 15.6. The van der Waals surface area contributed by atoms with Crippen molar-refractivity contribution in [3.63, 3.8) is 0 Å². The van der Waals surface area contributed by atoms with Gasteiger partial charge in [0.05, 0.1) is 6.54 Å². The lowest BCUT2D eigenvalue weighted by molar-refractivity contribution is 0.0131. The first kappa shape index (κ1) is 15.5. The van der Waals surface area contributed by atoms with Gasteiger partial charge in [-0.3, -0.25) is 4.90 Å². The van der Waals surface area contributed by atoms with Gasteiger partial charge >= 0.3 is 0 Å². The number of likely N-dealkylation sites (tertiary alicyclic amines) is 1. The number of aryl methyl sites for hydroxylation is 1. The molecule has 0 bridgehead atoms. The summed E-state index contributed by atoms with van der Waals surface area (Å²) >= 11 is 1.43. The summed E-state index contributed by atoms with van der Waals surface area (Å²) < 4.78 is 9.58. The van der Waals surface area contributed by atoms with Gasteiger partial charge in [-0.2, -0.15) is 9.36 Å². The SMILES string of the molecule is CCc1noc(C2(O)CCN(Cc3nc(C(C)C)ns3)C2)n1. The standard InChI is InChI=1S/C14H21N5O2S/c1-4-10-15-13(21-17-10)14(20)5-6-19(8-14)7-11-16-12(9(2)3)18-22-11/h9,20H,4-8H2,1-3H3. The van der Waals surface area contributed by atoms with Gasteiger partial charge in [0, 0.05) is 25.4 Å². The van der Waals surface area contributed by atoms with Gasteiger partial charge in [-0.15, -0.1) is 0 Å². The number of hydrogen-bond donors (Lipinski definition) is 1. The molecule has 120 valence electrons. The Morgan fingerprint density at radius 2 is 2.23 bits per heavy atom. The van der Waals surface area contributed by atoms with Crippen LogP contribution < -0.4 is 0 Å². The van der Waals surface area contributed by atoms with Crippen molar-refractivity contribution in [3.8, 4) is 0 Å². The largest absolute Gasteiger partial charge is 0.379 e. The summed E-state index contributed by atoms with van der Waals surface area (Å²) in [6.07, 6.45) is 1.29. The molecular formula is C14H21N5O2S. The van der Waals surface area contributed by atoms with E-state index < -0.39 is 5.60 Å². The number of nitrogens with zero attached hydrogens (tertiary/aromatic N) is 5. The van der Waals surface area contributed by atoms with E-state index in [0.29, 0.717) is 43.6 Å². The highest BCUT2D eigenvalue weighted by molar-refractivity contribution is 7.05. The first-order valence-electron chi connectivity index (χ1n) is 7.60. The molecule has 1 saturated heterocycles. The van der Waals surface area contributed by atoms with Gasteiger partial charge in [-0.25, -0.2) is 4.98 Å². The minimum atomic E-state index is -1.05. The van der Waals surface area contributed by atoms with E-state index in [1.165, 1.54) is 11.5 Å². The second kappa shape index (κ2) is 6.02. The van der Waals surface area contributed by atoms with E-state index in [9.17, 15) is 5.11 Å². The van der Waals surface area contributed by atoms with E-state index in [0.717, 1.165) is 17.4 Å². The van der Waals surface area contributed by atoms with Crippen LogP contribution in [0, 0.1) is 0 Å².